The largest absolute Gasteiger partial charge is 0.481 e. The molecule has 0 aliphatic heterocycles. The number of nitrogens with two attached hydrogens (primary N) is 8. The molecule has 0 aliphatic rings. The number of amides is 12. The van der Waals surface area contributed by atoms with E-state index in [1.165, 1.54) is 31.2 Å². The Hall–Kier alpha value is -10.9. The molecular formula is C59H97N21O22. The number of aliphatic imine (C=N–C) groups is 2. The SMILES string of the molecule is C[C@H](N)C(=O)N[C@@H](CCCN=C(N)N)C(=O)N[C@@H](CC(=O)O)C(=O)N[C@@H](CCCCN)C(=O)N[C@@H](CCCN=C(N)N)C(=O)N[C@@H](CC(=O)O)C(=O)N[C@H](C(=O)N[C@@H](CO)C(=O)N[C@@H](CC(N)=O)C(=O)N[C@@H](Cc1ccccc1)C(=O)N[C@@H](CC(=O)O)C(=O)N[C@@H](CCCCN)C(=O)O)[C@@H](C)O. The number of hydrogen-bond donors (Lipinski definition) is 25. The summed E-state index contributed by atoms with van der Waals surface area (Å²) in [7, 11) is 0. The van der Waals surface area contributed by atoms with E-state index in [0.717, 1.165) is 6.92 Å². The maximum absolute atomic E-state index is 14.3. The summed E-state index contributed by atoms with van der Waals surface area (Å²) in [4.78, 5) is 220. The quantitative estimate of drug-likeness (QED) is 0.0164. The number of carbonyl (C=O) groups excluding carboxylic acids is 12. The van der Waals surface area contributed by atoms with Gasteiger partial charge in [-0.2, -0.15) is 0 Å². The van der Waals surface area contributed by atoms with Crippen molar-refractivity contribution in [1.82, 2.24) is 58.5 Å². The van der Waals surface area contributed by atoms with Gasteiger partial charge in [-0.15, -0.1) is 0 Å². The van der Waals surface area contributed by atoms with E-state index < -0.39 is 224 Å². The number of carbonyl (C=O) groups is 16. The van der Waals surface area contributed by atoms with Gasteiger partial charge in [0, 0.05) is 19.5 Å². The first-order valence-corrected chi connectivity index (χ1v) is 32.0. The second-order valence-electron chi connectivity index (χ2n) is 23.3. The molecule has 0 fully saturated rings. The highest BCUT2D eigenvalue weighted by molar-refractivity contribution is 6.01. The van der Waals surface area contributed by atoms with E-state index in [0.29, 0.717) is 12.0 Å². The lowest BCUT2D eigenvalue weighted by atomic mass is 10.0. The van der Waals surface area contributed by atoms with Gasteiger partial charge in [-0.25, -0.2) is 4.79 Å². The summed E-state index contributed by atoms with van der Waals surface area (Å²) in [6.07, 6.45) is -6.92. The topological polar surface area (TPSA) is 760 Å². The number of nitrogens with zero attached hydrogens (tertiary/aromatic N) is 2. The number of carboxylic acid groups (broad SMARTS) is 4. The first kappa shape index (κ1) is 89.1. The summed E-state index contributed by atoms with van der Waals surface area (Å²) in [5.74, 6) is -22.3. The third-order valence-electron chi connectivity index (χ3n) is 14.6. The van der Waals surface area contributed by atoms with E-state index in [1.807, 2.05) is 10.6 Å². The minimum atomic E-state index is -2.20. The normalized spacial score (nSPS) is 14.7. The van der Waals surface area contributed by atoms with Gasteiger partial charge in [0.1, 0.15) is 66.5 Å². The van der Waals surface area contributed by atoms with Crippen molar-refractivity contribution in [3.63, 3.8) is 0 Å². The molecule has 0 saturated heterocycles. The molecule has 0 unspecified atom stereocenters. The van der Waals surface area contributed by atoms with Crippen LogP contribution in [0.25, 0.3) is 0 Å². The molecule has 43 nitrogen and oxygen atoms in total. The summed E-state index contributed by atoms with van der Waals surface area (Å²) in [6, 6.07) is -14.2. The maximum atomic E-state index is 14.3. The average molecular weight is 1450 g/mol. The van der Waals surface area contributed by atoms with Crippen LogP contribution in [0.4, 0.5) is 0 Å². The smallest absolute Gasteiger partial charge is 0.326 e. The van der Waals surface area contributed by atoms with Crippen LogP contribution < -0.4 is 104 Å². The second-order valence-corrected chi connectivity index (χ2v) is 23.3. The molecule has 0 radical (unpaired) electrons. The van der Waals surface area contributed by atoms with Crippen molar-refractivity contribution in [2.45, 2.75) is 189 Å². The standard InChI is InChI=1S/C59H97N21O22/c1-28(62)46(90)70-32(16-10-20-68-58(64)65)48(92)76-37(24-42(84)85)52(96)72-31(14-6-8-18-60)47(91)71-33(17-11-21-69-59(66)67)49(93)77-39(26-44(88)89)54(98)80-45(29(2)82)56(100)79-40(27-81)55(99)75-36(23-41(63)83)51(95)74-35(22-30-12-4-3-5-13-30)50(94)78-38(25-43(86)87)53(97)73-34(57(101)102)15-7-9-19-61/h3-5,12-13,28-29,31-40,45,81-82H,6-11,14-27,60-62H2,1-2H3,(H2,63,83)(H,70,90)(H,71,91)(H,72,96)(H,73,97)(H,74,95)(H,75,99)(H,76,92)(H,77,93)(H,78,94)(H,79,100)(H,80,98)(H,84,85)(H,86,87)(H,88,89)(H,101,102)(H4,64,65,68)(H4,66,67,69)/t28-,29+,31-,32-,33-,34-,35-,36-,37-,38-,39-,40-,45-/m0/s1. The van der Waals surface area contributed by atoms with Crippen molar-refractivity contribution in [2.24, 2.45) is 55.9 Å². The summed E-state index contributed by atoms with van der Waals surface area (Å²) in [6.45, 7) is 0.948. The Morgan fingerprint density at radius 3 is 1.06 bits per heavy atom. The van der Waals surface area contributed by atoms with Crippen LogP contribution in [0, 0.1) is 0 Å². The number of hydrogen-bond acceptors (Lipinski definition) is 23. The Morgan fingerprint density at radius 1 is 0.392 bits per heavy atom. The van der Waals surface area contributed by atoms with Gasteiger partial charge in [0.2, 0.25) is 70.9 Å². The van der Waals surface area contributed by atoms with Crippen LogP contribution in [0.2, 0.25) is 0 Å². The molecule has 33 N–H and O–H groups in total. The van der Waals surface area contributed by atoms with Gasteiger partial charge in [-0.05, 0) is 96.7 Å². The van der Waals surface area contributed by atoms with Gasteiger partial charge in [-0.1, -0.05) is 30.3 Å². The molecule has 0 heterocycles. The minimum Gasteiger partial charge on any atom is -0.481 e. The Labute approximate surface area is 584 Å². The number of nitrogens with one attached hydrogen (secondary N) is 11. The highest BCUT2D eigenvalue weighted by Crippen LogP contribution is 2.12. The zero-order chi connectivity index (χ0) is 77.3. The van der Waals surface area contributed by atoms with Crippen LogP contribution in [-0.4, -0.2) is 249 Å². The Bertz CT molecular complexity index is 3100. The molecule has 0 aliphatic carbocycles. The number of guanidine groups is 2. The molecule has 0 saturated carbocycles. The van der Waals surface area contributed by atoms with Crippen LogP contribution >= 0.6 is 0 Å². The number of primary amides is 1. The molecule has 13 atom stereocenters. The fourth-order valence-electron chi connectivity index (χ4n) is 9.27. The molecule has 0 aromatic heterocycles. The molecule has 570 valence electrons. The van der Waals surface area contributed by atoms with E-state index in [-0.39, 0.29) is 83.5 Å². The molecule has 1 rings (SSSR count). The Morgan fingerprint density at radius 2 is 0.706 bits per heavy atom. The molecule has 1 aromatic carbocycles. The fourth-order valence-corrected chi connectivity index (χ4v) is 9.27. The van der Waals surface area contributed by atoms with Crippen molar-refractivity contribution >= 4 is 107 Å². The third kappa shape index (κ3) is 35.7. The van der Waals surface area contributed by atoms with Crippen molar-refractivity contribution in [2.75, 3.05) is 32.8 Å². The summed E-state index contributed by atoms with van der Waals surface area (Å²) >= 11 is 0. The Balaban J connectivity index is 3.65. The monoisotopic (exact) mass is 1450 g/mol. The van der Waals surface area contributed by atoms with Crippen LogP contribution in [0.1, 0.15) is 109 Å². The lowest BCUT2D eigenvalue weighted by molar-refractivity contribution is -0.144. The number of aliphatic carboxylic acids is 4. The van der Waals surface area contributed by atoms with E-state index >= 15 is 0 Å². The average Bonchev–Trinajstić information content (AvgIpc) is 0.854. The van der Waals surface area contributed by atoms with Crippen molar-refractivity contribution < 1.29 is 107 Å². The summed E-state index contributed by atoms with van der Waals surface area (Å²) < 4.78 is 0. The second kappa shape index (κ2) is 47.2. The molecule has 0 bridgehead atoms. The zero-order valence-electron chi connectivity index (χ0n) is 56.3. The van der Waals surface area contributed by atoms with E-state index in [9.17, 15) is 107 Å². The zero-order valence-corrected chi connectivity index (χ0v) is 56.3. The number of rotatable bonds is 51. The predicted molar refractivity (Wildman–Crippen MR) is 358 cm³/mol. The van der Waals surface area contributed by atoms with Crippen molar-refractivity contribution in [3.8, 4) is 0 Å². The van der Waals surface area contributed by atoms with Gasteiger partial charge in [0.05, 0.1) is 44.4 Å². The highest BCUT2D eigenvalue weighted by atomic mass is 16.4. The maximum Gasteiger partial charge on any atom is 0.326 e. The number of carboxylic acids is 4. The molecule has 1 aromatic rings. The number of aliphatic hydroxyl groups excluding tert-OH is 2. The van der Waals surface area contributed by atoms with Gasteiger partial charge >= 0.3 is 23.9 Å². The predicted octanol–water partition coefficient (Wildman–Crippen LogP) is -11.0. The van der Waals surface area contributed by atoms with E-state index in [1.54, 1.807) is 6.07 Å². The van der Waals surface area contributed by atoms with Crippen LogP contribution in [-0.2, 0) is 83.1 Å². The molecular weight excluding hydrogens is 1350 g/mol. The van der Waals surface area contributed by atoms with Crippen LogP contribution in [0.3, 0.4) is 0 Å². The number of aliphatic hydroxyl groups is 2. The summed E-state index contributed by atoms with van der Waals surface area (Å²) in [5, 5.41) is 84.6. The first-order valence-electron chi connectivity index (χ1n) is 32.0. The molecule has 12 amide bonds. The van der Waals surface area contributed by atoms with Gasteiger partial charge in [0.15, 0.2) is 11.9 Å². The summed E-state index contributed by atoms with van der Waals surface area (Å²) in [5.41, 5.74) is 44.3. The minimum absolute atomic E-state index is 0.0151. The third-order valence-corrected chi connectivity index (χ3v) is 14.6. The lowest BCUT2D eigenvalue weighted by Gasteiger charge is -2.28. The molecule has 43 heteroatoms. The van der Waals surface area contributed by atoms with Crippen LogP contribution in [0.5, 0.6) is 0 Å². The number of benzene rings is 1. The number of unbranched alkanes of at least 4 members (excludes halogenated alkanes) is 2. The van der Waals surface area contributed by atoms with E-state index in [2.05, 4.69) is 57.8 Å². The van der Waals surface area contributed by atoms with Crippen LogP contribution in [0.15, 0.2) is 40.3 Å². The lowest BCUT2D eigenvalue weighted by Crippen LogP contribution is -2.63. The fraction of sp³-hybridized carbons (Fsp3) is 0.593. The van der Waals surface area contributed by atoms with E-state index in [4.69, 9.17) is 45.9 Å². The van der Waals surface area contributed by atoms with Gasteiger partial charge in [-0.3, -0.25) is 81.9 Å². The van der Waals surface area contributed by atoms with Crippen molar-refractivity contribution in [3.05, 3.63) is 35.9 Å². The first-order chi connectivity index (χ1) is 47.9. The van der Waals surface area contributed by atoms with Crippen molar-refractivity contribution in [1.29, 1.82) is 0 Å². The highest BCUT2D eigenvalue weighted by Gasteiger charge is 2.39. The molecule has 0 spiro atoms. The van der Waals surface area contributed by atoms with Gasteiger partial charge < -0.3 is 135 Å². The Kier molecular flexibility index (Phi) is 41.2. The van der Waals surface area contributed by atoms with Gasteiger partial charge in [0.25, 0.3) is 0 Å². The molecule has 102 heavy (non-hydrogen) atoms.